The van der Waals surface area contributed by atoms with Crippen molar-refractivity contribution in [2.24, 2.45) is 0 Å². The predicted octanol–water partition coefficient (Wildman–Crippen LogP) is 3.55. The van der Waals surface area contributed by atoms with Gasteiger partial charge in [0.25, 0.3) is 15.9 Å². The van der Waals surface area contributed by atoms with Crippen molar-refractivity contribution < 1.29 is 41.1 Å². The normalized spacial score (nSPS) is 17.1. The Hall–Kier alpha value is -3.23. The Morgan fingerprint density at radius 2 is 1.73 bits per heavy atom. The van der Waals surface area contributed by atoms with Crippen molar-refractivity contribution in [2.75, 3.05) is 19.8 Å². The molecular weight excluding hydrogens is 580 g/mol. The molecule has 0 saturated carbocycles. The van der Waals surface area contributed by atoms with E-state index in [-0.39, 0.29) is 11.3 Å². The van der Waals surface area contributed by atoms with Crippen molar-refractivity contribution in [1.82, 2.24) is 14.5 Å². The fourth-order valence-corrected chi connectivity index (χ4v) is 6.81. The van der Waals surface area contributed by atoms with E-state index >= 15 is 0 Å². The second-order valence-electron chi connectivity index (χ2n) is 10.5. The standard InChI is InChI=1S/C27H33F2N3O7S2/c1-16(2)38-25(34)21(14-17-7-12-22(20(29)13-17)39-26(35)31(5)6)32(24(33)23-30-27(3,4)15-40-23)41(36,37)19-10-8-18(28)9-11-19/h7-13,16,21,23,30H,14-15H2,1-6H3/t21-,23-/m0/s1. The number of nitrogens with one attached hydrogen (secondary N) is 1. The number of halogens is 2. The summed E-state index contributed by atoms with van der Waals surface area (Å²) >= 11 is 1.17. The Kier molecular flexibility index (Phi) is 10.0. The molecule has 0 aromatic heterocycles. The van der Waals surface area contributed by atoms with Gasteiger partial charge in [-0.05, 0) is 69.7 Å². The van der Waals surface area contributed by atoms with Gasteiger partial charge in [-0.15, -0.1) is 11.8 Å². The zero-order valence-electron chi connectivity index (χ0n) is 23.5. The first-order chi connectivity index (χ1) is 19.0. The highest BCUT2D eigenvalue weighted by molar-refractivity contribution is 8.01. The summed E-state index contributed by atoms with van der Waals surface area (Å²) in [6.45, 7) is 6.79. The number of carbonyl (C=O) groups is 3. The quantitative estimate of drug-likeness (QED) is 0.423. The van der Waals surface area contributed by atoms with Crippen LogP contribution in [0.5, 0.6) is 5.75 Å². The van der Waals surface area contributed by atoms with E-state index < -0.39 is 74.0 Å². The van der Waals surface area contributed by atoms with Crippen molar-refractivity contribution in [2.45, 2.75) is 62.1 Å². The molecule has 224 valence electrons. The first kappa shape index (κ1) is 32.3. The first-order valence-electron chi connectivity index (χ1n) is 12.6. The van der Waals surface area contributed by atoms with Crippen LogP contribution in [-0.2, 0) is 30.8 Å². The van der Waals surface area contributed by atoms with Crippen LogP contribution in [0.15, 0.2) is 47.4 Å². The van der Waals surface area contributed by atoms with Crippen LogP contribution in [0.4, 0.5) is 13.6 Å². The lowest BCUT2D eigenvalue weighted by Crippen LogP contribution is -2.56. The molecule has 0 aliphatic carbocycles. The molecule has 1 saturated heterocycles. The molecule has 0 unspecified atom stereocenters. The highest BCUT2D eigenvalue weighted by Crippen LogP contribution is 2.31. The molecule has 0 bridgehead atoms. The van der Waals surface area contributed by atoms with Gasteiger partial charge in [-0.25, -0.2) is 31.1 Å². The molecule has 3 rings (SSSR count). The van der Waals surface area contributed by atoms with E-state index in [1.54, 1.807) is 13.8 Å². The van der Waals surface area contributed by atoms with Crippen molar-refractivity contribution in [3.05, 3.63) is 59.7 Å². The number of hydrogen-bond acceptors (Lipinski definition) is 9. The van der Waals surface area contributed by atoms with E-state index in [1.165, 1.54) is 31.9 Å². The van der Waals surface area contributed by atoms with Gasteiger partial charge in [0.05, 0.1) is 11.0 Å². The van der Waals surface area contributed by atoms with Gasteiger partial charge < -0.3 is 14.4 Å². The second kappa shape index (κ2) is 12.7. The highest BCUT2D eigenvalue weighted by atomic mass is 32.2. The van der Waals surface area contributed by atoms with E-state index in [9.17, 15) is 31.6 Å². The minimum Gasteiger partial charge on any atom is -0.461 e. The fourth-order valence-electron chi connectivity index (χ4n) is 3.87. The van der Waals surface area contributed by atoms with E-state index in [0.717, 1.165) is 41.3 Å². The van der Waals surface area contributed by atoms with E-state index in [4.69, 9.17) is 9.47 Å². The molecule has 41 heavy (non-hydrogen) atoms. The molecule has 14 heteroatoms. The minimum absolute atomic E-state index is 0.123. The van der Waals surface area contributed by atoms with E-state index in [2.05, 4.69) is 5.32 Å². The third kappa shape index (κ3) is 7.95. The summed E-state index contributed by atoms with van der Waals surface area (Å²) in [4.78, 5) is 39.8. The number of nitrogens with zero attached hydrogens (tertiary/aromatic N) is 2. The summed E-state index contributed by atoms with van der Waals surface area (Å²) in [5, 5.41) is 2.04. The van der Waals surface area contributed by atoms with Gasteiger partial charge in [0.2, 0.25) is 0 Å². The van der Waals surface area contributed by atoms with Crippen LogP contribution in [0.1, 0.15) is 33.3 Å². The molecule has 2 atom stereocenters. The van der Waals surface area contributed by atoms with Crippen molar-refractivity contribution in [1.29, 1.82) is 0 Å². The van der Waals surface area contributed by atoms with Gasteiger partial charge in [-0.2, -0.15) is 0 Å². The topological polar surface area (TPSA) is 122 Å². The molecule has 1 N–H and O–H groups in total. The van der Waals surface area contributed by atoms with Gasteiger partial charge in [0.15, 0.2) is 11.6 Å². The van der Waals surface area contributed by atoms with Gasteiger partial charge >= 0.3 is 12.1 Å². The number of ether oxygens (including phenoxy) is 2. The van der Waals surface area contributed by atoms with E-state index in [1.807, 2.05) is 13.8 Å². The number of hydrogen-bond donors (Lipinski definition) is 1. The minimum atomic E-state index is -4.74. The molecule has 1 heterocycles. The summed E-state index contributed by atoms with van der Waals surface area (Å²) in [7, 11) is -1.90. The number of esters is 1. The summed E-state index contributed by atoms with van der Waals surface area (Å²) in [5.74, 6) is -3.51. The van der Waals surface area contributed by atoms with Crippen LogP contribution < -0.4 is 10.1 Å². The maximum Gasteiger partial charge on any atom is 0.414 e. The zero-order chi connectivity index (χ0) is 30.7. The SMILES string of the molecule is CC(C)OC(=O)[C@H](Cc1ccc(OC(=O)N(C)C)c(F)c1)N(C(=O)[C@H]1NC(C)(C)CS1)S(=O)(=O)c1ccc(F)cc1. The van der Waals surface area contributed by atoms with Crippen molar-refractivity contribution >= 4 is 39.8 Å². The van der Waals surface area contributed by atoms with Crippen LogP contribution in [0.3, 0.4) is 0 Å². The Morgan fingerprint density at radius 1 is 1.10 bits per heavy atom. The number of amides is 2. The predicted molar refractivity (Wildman–Crippen MR) is 149 cm³/mol. The van der Waals surface area contributed by atoms with Gasteiger partial charge in [-0.1, -0.05) is 6.07 Å². The Balaban J connectivity index is 2.10. The number of carbonyl (C=O) groups excluding carboxylic acids is 3. The lowest BCUT2D eigenvalue weighted by molar-refractivity contribution is -0.155. The molecule has 0 spiro atoms. The molecule has 10 nitrogen and oxygen atoms in total. The van der Waals surface area contributed by atoms with Crippen molar-refractivity contribution in [3.63, 3.8) is 0 Å². The molecule has 1 aliphatic rings. The second-order valence-corrected chi connectivity index (χ2v) is 13.5. The molecule has 1 aliphatic heterocycles. The molecule has 0 radical (unpaired) electrons. The summed E-state index contributed by atoms with van der Waals surface area (Å²) in [5.41, 5.74) is -0.384. The van der Waals surface area contributed by atoms with Crippen LogP contribution in [0.2, 0.25) is 0 Å². The van der Waals surface area contributed by atoms with E-state index in [0.29, 0.717) is 10.1 Å². The zero-order valence-corrected chi connectivity index (χ0v) is 25.1. The average Bonchev–Trinajstić information content (AvgIpc) is 3.24. The number of thioether (sulfide) groups is 1. The molecule has 1 fully saturated rings. The molecule has 2 aromatic rings. The Morgan fingerprint density at radius 3 is 2.24 bits per heavy atom. The summed E-state index contributed by atoms with van der Waals surface area (Å²) < 4.78 is 67.2. The Labute approximate surface area is 242 Å². The third-order valence-corrected chi connectivity index (χ3v) is 9.20. The van der Waals surface area contributed by atoms with Crippen LogP contribution >= 0.6 is 11.8 Å². The molecular formula is C27H33F2N3O7S2. The van der Waals surface area contributed by atoms with Crippen molar-refractivity contribution in [3.8, 4) is 5.75 Å². The van der Waals surface area contributed by atoms with Gasteiger partial charge in [-0.3, -0.25) is 10.1 Å². The number of benzene rings is 2. The van der Waals surface area contributed by atoms with Gasteiger partial charge in [0, 0.05) is 31.8 Å². The number of rotatable bonds is 9. The average molecular weight is 614 g/mol. The first-order valence-corrected chi connectivity index (χ1v) is 15.1. The molecule has 2 amide bonds. The summed E-state index contributed by atoms with van der Waals surface area (Å²) in [6.07, 6.45) is -1.95. The maximum absolute atomic E-state index is 14.9. The lowest BCUT2D eigenvalue weighted by atomic mass is 10.0. The van der Waals surface area contributed by atoms with Gasteiger partial charge in [0.1, 0.15) is 17.2 Å². The molecule has 2 aromatic carbocycles. The van der Waals surface area contributed by atoms with Crippen LogP contribution in [-0.4, -0.2) is 78.5 Å². The maximum atomic E-state index is 14.9. The smallest absolute Gasteiger partial charge is 0.414 e. The number of sulfonamides is 1. The lowest BCUT2D eigenvalue weighted by Gasteiger charge is -2.32. The van der Waals surface area contributed by atoms with Crippen LogP contribution in [0.25, 0.3) is 0 Å². The summed E-state index contributed by atoms with van der Waals surface area (Å²) in [6, 6.07) is 5.56. The highest BCUT2D eigenvalue weighted by Gasteiger charge is 2.46. The van der Waals surface area contributed by atoms with Crippen LogP contribution in [0, 0.1) is 11.6 Å². The largest absolute Gasteiger partial charge is 0.461 e. The monoisotopic (exact) mass is 613 g/mol. The fraction of sp³-hybridized carbons (Fsp3) is 0.444. The third-order valence-electron chi connectivity index (χ3n) is 5.84. The Bertz CT molecular complexity index is 1400.